The molecule has 3 rings (SSSR count). The molecule has 28 heavy (non-hydrogen) atoms. The van der Waals surface area contributed by atoms with E-state index in [1.54, 1.807) is 18.5 Å². The summed E-state index contributed by atoms with van der Waals surface area (Å²) < 4.78 is 5.79. The molecule has 0 saturated heterocycles. The fraction of sp³-hybridized carbons (Fsp3) is 0.348. The van der Waals surface area contributed by atoms with Gasteiger partial charge in [-0.2, -0.15) is 0 Å². The maximum atomic E-state index is 12.4. The number of nitrogens with one attached hydrogen (secondary N) is 1. The molecule has 0 spiro atoms. The number of hydrogen-bond donors (Lipinski definition) is 1. The highest BCUT2D eigenvalue weighted by Crippen LogP contribution is 2.26. The lowest BCUT2D eigenvalue weighted by Crippen LogP contribution is -2.22. The van der Waals surface area contributed by atoms with Gasteiger partial charge in [0.05, 0.1) is 24.1 Å². The Morgan fingerprint density at radius 3 is 2.54 bits per heavy atom. The highest BCUT2D eigenvalue weighted by molar-refractivity contribution is 5.91. The minimum Gasteiger partial charge on any atom is -0.456 e. The molecule has 1 amide bonds. The first-order valence-corrected chi connectivity index (χ1v) is 9.47. The number of hydrogen-bond acceptors (Lipinski definition) is 4. The minimum atomic E-state index is -0.256. The van der Waals surface area contributed by atoms with Gasteiger partial charge in [-0.3, -0.25) is 14.8 Å². The average Bonchev–Trinajstić information content (AvgIpc) is 3.10. The highest BCUT2D eigenvalue weighted by Gasteiger charge is 2.16. The molecule has 0 atom stereocenters. The second-order valence-electron chi connectivity index (χ2n) is 8.17. The Morgan fingerprint density at radius 2 is 1.86 bits per heavy atom. The number of benzene rings is 1. The van der Waals surface area contributed by atoms with Gasteiger partial charge in [-0.1, -0.05) is 39.0 Å². The van der Waals surface area contributed by atoms with Crippen LogP contribution in [0.4, 0.5) is 0 Å². The van der Waals surface area contributed by atoms with E-state index in [1.165, 1.54) is 16.7 Å². The summed E-state index contributed by atoms with van der Waals surface area (Å²) in [5.74, 6) is 0.822. The Hall–Kier alpha value is -2.95. The second-order valence-corrected chi connectivity index (χ2v) is 8.17. The van der Waals surface area contributed by atoms with Gasteiger partial charge in [-0.05, 0) is 48.1 Å². The number of rotatable bonds is 5. The fourth-order valence-electron chi connectivity index (χ4n) is 2.88. The molecule has 1 aromatic carbocycles. The summed E-state index contributed by atoms with van der Waals surface area (Å²) in [6, 6.07) is 10.1. The number of furan rings is 1. The van der Waals surface area contributed by atoms with Crippen molar-refractivity contribution in [2.45, 2.75) is 53.0 Å². The summed E-state index contributed by atoms with van der Waals surface area (Å²) in [5, 5.41) is 2.82. The molecule has 3 aromatic rings. The third kappa shape index (κ3) is 4.85. The summed E-state index contributed by atoms with van der Waals surface area (Å²) in [6.07, 6.45) is 4.00. The van der Waals surface area contributed by atoms with Gasteiger partial charge in [0.2, 0.25) is 0 Å². The lowest BCUT2D eigenvalue weighted by Gasteiger charge is -2.20. The van der Waals surface area contributed by atoms with E-state index < -0.39 is 0 Å². The van der Waals surface area contributed by atoms with Gasteiger partial charge in [-0.15, -0.1) is 0 Å². The van der Waals surface area contributed by atoms with E-state index >= 15 is 0 Å². The van der Waals surface area contributed by atoms with Crippen molar-refractivity contribution in [2.24, 2.45) is 0 Å². The maximum absolute atomic E-state index is 12.4. The van der Waals surface area contributed by atoms with Crippen molar-refractivity contribution >= 4 is 5.91 Å². The molecule has 0 fully saturated rings. The van der Waals surface area contributed by atoms with Crippen LogP contribution in [0, 0.1) is 13.8 Å². The third-order valence-corrected chi connectivity index (χ3v) is 4.73. The van der Waals surface area contributed by atoms with E-state index in [1.807, 2.05) is 13.0 Å². The van der Waals surface area contributed by atoms with Crippen LogP contribution in [0.1, 0.15) is 65.2 Å². The summed E-state index contributed by atoms with van der Waals surface area (Å²) in [6.45, 7) is 10.9. The van der Waals surface area contributed by atoms with Gasteiger partial charge in [-0.25, -0.2) is 0 Å². The third-order valence-electron chi connectivity index (χ3n) is 4.73. The molecule has 0 bridgehead atoms. The SMILES string of the molecule is Cc1cnc(CNC(=O)c2ccc(Cc3cc(C(C)(C)C)ccc3C)o2)cn1. The summed E-state index contributed by atoms with van der Waals surface area (Å²) >= 11 is 0. The lowest BCUT2D eigenvalue weighted by atomic mass is 9.85. The Morgan fingerprint density at radius 1 is 1.07 bits per heavy atom. The topological polar surface area (TPSA) is 68.0 Å². The molecule has 2 heterocycles. The van der Waals surface area contributed by atoms with Gasteiger partial charge >= 0.3 is 0 Å². The van der Waals surface area contributed by atoms with E-state index in [0.717, 1.165) is 11.5 Å². The molecule has 5 nitrogen and oxygen atoms in total. The summed E-state index contributed by atoms with van der Waals surface area (Å²) in [5.41, 5.74) is 5.36. The predicted octanol–water partition coefficient (Wildman–Crippen LogP) is 4.50. The Balaban J connectivity index is 1.67. The molecule has 1 N–H and O–H groups in total. The summed E-state index contributed by atoms with van der Waals surface area (Å²) in [4.78, 5) is 20.8. The van der Waals surface area contributed by atoms with Crippen LogP contribution in [0.3, 0.4) is 0 Å². The van der Waals surface area contributed by atoms with E-state index in [9.17, 15) is 4.79 Å². The molecule has 5 heteroatoms. The maximum Gasteiger partial charge on any atom is 0.287 e. The van der Waals surface area contributed by atoms with Crippen molar-refractivity contribution in [1.82, 2.24) is 15.3 Å². The van der Waals surface area contributed by atoms with Crippen molar-refractivity contribution in [2.75, 3.05) is 0 Å². The molecule has 0 radical (unpaired) electrons. The van der Waals surface area contributed by atoms with Crippen LogP contribution in [-0.2, 0) is 18.4 Å². The van der Waals surface area contributed by atoms with E-state index in [0.29, 0.717) is 24.4 Å². The smallest absolute Gasteiger partial charge is 0.287 e. The van der Waals surface area contributed by atoms with Crippen molar-refractivity contribution in [3.63, 3.8) is 0 Å². The lowest BCUT2D eigenvalue weighted by molar-refractivity contribution is 0.0921. The molecule has 0 aliphatic rings. The van der Waals surface area contributed by atoms with Crippen LogP contribution in [0.5, 0.6) is 0 Å². The highest BCUT2D eigenvalue weighted by atomic mass is 16.3. The molecule has 0 saturated carbocycles. The van der Waals surface area contributed by atoms with Crippen LogP contribution in [0.25, 0.3) is 0 Å². The number of carbonyl (C=O) groups excluding carboxylic acids is 1. The first kappa shape index (κ1) is 19.8. The van der Waals surface area contributed by atoms with Crippen LogP contribution in [0.15, 0.2) is 47.1 Å². The zero-order valence-corrected chi connectivity index (χ0v) is 17.2. The number of nitrogens with zero attached hydrogens (tertiary/aromatic N) is 2. The monoisotopic (exact) mass is 377 g/mol. The molecule has 0 aliphatic heterocycles. The van der Waals surface area contributed by atoms with E-state index in [-0.39, 0.29) is 11.3 Å². The Bertz CT molecular complexity index is 966. The minimum absolute atomic E-state index is 0.0928. The largest absolute Gasteiger partial charge is 0.456 e. The first-order valence-electron chi connectivity index (χ1n) is 9.47. The molecule has 0 aliphatic carbocycles. The Kier molecular flexibility index (Phi) is 5.63. The van der Waals surface area contributed by atoms with E-state index in [2.05, 4.69) is 61.2 Å². The first-order chi connectivity index (χ1) is 13.2. The number of carbonyl (C=O) groups is 1. The quantitative estimate of drug-likeness (QED) is 0.711. The average molecular weight is 377 g/mol. The Labute approximate surface area is 166 Å². The van der Waals surface area contributed by atoms with Gasteiger partial charge in [0.25, 0.3) is 5.91 Å². The van der Waals surface area contributed by atoms with Crippen molar-refractivity contribution in [3.8, 4) is 0 Å². The molecular weight excluding hydrogens is 350 g/mol. The number of aryl methyl sites for hydroxylation is 2. The van der Waals surface area contributed by atoms with Gasteiger partial charge in [0, 0.05) is 12.6 Å². The molecule has 0 unspecified atom stereocenters. The van der Waals surface area contributed by atoms with Crippen LogP contribution in [0.2, 0.25) is 0 Å². The van der Waals surface area contributed by atoms with Crippen molar-refractivity contribution in [1.29, 1.82) is 0 Å². The van der Waals surface area contributed by atoms with Gasteiger partial charge in [0.1, 0.15) is 5.76 Å². The zero-order valence-electron chi connectivity index (χ0n) is 17.2. The van der Waals surface area contributed by atoms with Gasteiger partial charge < -0.3 is 9.73 Å². The molecule has 146 valence electrons. The van der Waals surface area contributed by atoms with Crippen LogP contribution >= 0.6 is 0 Å². The summed E-state index contributed by atoms with van der Waals surface area (Å²) in [7, 11) is 0. The second kappa shape index (κ2) is 7.97. The zero-order chi connectivity index (χ0) is 20.3. The predicted molar refractivity (Wildman–Crippen MR) is 109 cm³/mol. The van der Waals surface area contributed by atoms with Crippen molar-refractivity contribution in [3.05, 3.63) is 82.3 Å². The fourth-order valence-corrected chi connectivity index (χ4v) is 2.88. The van der Waals surface area contributed by atoms with Crippen molar-refractivity contribution < 1.29 is 9.21 Å². The standard InChI is InChI=1S/C23H27N3O2/c1-15-6-7-18(23(3,4)5)10-17(15)11-20-8-9-21(28-20)22(27)26-14-19-13-24-16(2)12-25-19/h6-10,12-13H,11,14H2,1-5H3,(H,26,27). The normalized spacial score (nSPS) is 11.5. The molecular formula is C23H27N3O2. The number of aromatic nitrogens is 2. The van der Waals surface area contributed by atoms with Crippen LogP contribution in [-0.4, -0.2) is 15.9 Å². The van der Waals surface area contributed by atoms with Gasteiger partial charge in [0.15, 0.2) is 5.76 Å². The van der Waals surface area contributed by atoms with E-state index in [4.69, 9.17) is 4.42 Å². The van der Waals surface area contributed by atoms with Crippen LogP contribution < -0.4 is 5.32 Å². The number of amides is 1. The molecule has 2 aromatic heterocycles.